The van der Waals surface area contributed by atoms with Gasteiger partial charge in [0.1, 0.15) is 11.9 Å². The molecule has 8 heteroatoms. The van der Waals surface area contributed by atoms with Gasteiger partial charge in [-0.25, -0.2) is 4.39 Å². The molecule has 3 rings (SSSR count). The van der Waals surface area contributed by atoms with Crippen LogP contribution in [0, 0.1) is 11.7 Å². The molecule has 0 aromatic heterocycles. The Morgan fingerprint density at radius 3 is 2.59 bits per heavy atom. The molecule has 2 atom stereocenters. The maximum atomic E-state index is 14.1. The quantitative estimate of drug-likeness (QED) is 0.727. The Morgan fingerprint density at radius 2 is 1.89 bits per heavy atom. The van der Waals surface area contributed by atoms with Gasteiger partial charge in [-0.3, -0.25) is 9.59 Å². The summed E-state index contributed by atoms with van der Waals surface area (Å²) in [6.45, 7) is 3.00. The number of carbonyl (C=O) groups is 2. The molecule has 150 valence electrons. The van der Waals surface area contributed by atoms with E-state index in [0.29, 0.717) is 18.8 Å². The molecule has 1 aromatic carbocycles. The van der Waals surface area contributed by atoms with Gasteiger partial charge < -0.3 is 20.7 Å². The van der Waals surface area contributed by atoms with Gasteiger partial charge in [-0.2, -0.15) is 0 Å². The van der Waals surface area contributed by atoms with E-state index in [4.69, 9.17) is 4.74 Å². The highest BCUT2D eigenvalue weighted by Gasteiger charge is 2.28. The molecule has 2 aliphatic rings. The molecule has 1 saturated carbocycles. The van der Waals surface area contributed by atoms with Crippen molar-refractivity contribution in [3.8, 4) is 0 Å². The van der Waals surface area contributed by atoms with Crippen molar-refractivity contribution < 1.29 is 18.7 Å². The highest BCUT2D eigenvalue weighted by Crippen LogP contribution is 2.26. The molecule has 0 bridgehead atoms. The van der Waals surface area contributed by atoms with E-state index in [9.17, 15) is 14.0 Å². The zero-order valence-electron chi connectivity index (χ0n) is 15.4. The fourth-order valence-corrected chi connectivity index (χ4v) is 3.55. The molecule has 2 fully saturated rings. The number of rotatable bonds is 4. The largest absolute Gasteiger partial charge is 0.375 e. The summed E-state index contributed by atoms with van der Waals surface area (Å²) in [5, 5.41) is 8.55. The number of nitrogens with one attached hydrogen (secondary N) is 3. The number of amides is 2. The molecular formula is C19H27ClFN3O3. The first-order chi connectivity index (χ1) is 12.5. The van der Waals surface area contributed by atoms with Gasteiger partial charge in [-0.1, -0.05) is 19.3 Å². The molecule has 1 aliphatic heterocycles. The molecule has 2 amide bonds. The van der Waals surface area contributed by atoms with Crippen molar-refractivity contribution in [1.82, 2.24) is 5.32 Å². The molecule has 6 nitrogen and oxygen atoms in total. The summed E-state index contributed by atoms with van der Waals surface area (Å²) in [5.41, 5.74) is 0.536. The lowest BCUT2D eigenvalue weighted by molar-refractivity contribution is -0.123. The van der Waals surface area contributed by atoms with E-state index in [-0.39, 0.29) is 41.9 Å². The van der Waals surface area contributed by atoms with Crippen LogP contribution in [0.5, 0.6) is 0 Å². The van der Waals surface area contributed by atoms with Crippen LogP contribution >= 0.6 is 12.4 Å². The first-order valence-corrected chi connectivity index (χ1v) is 9.31. The molecule has 1 heterocycles. The molecule has 1 aliphatic carbocycles. The van der Waals surface area contributed by atoms with E-state index in [0.717, 1.165) is 32.1 Å². The molecular weight excluding hydrogens is 373 g/mol. The van der Waals surface area contributed by atoms with E-state index >= 15 is 0 Å². The molecule has 1 saturated heterocycles. The zero-order valence-corrected chi connectivity index (χ0v) is 16.2. The van der Waals surface area contributed by atoms with E-state index in [1.54, 1.807) is 0 Å². The number of halogens is 2. The van der Waals surface area contributed by atoms with Crippen LogP contribution in [0.4, 0.5) is 15.8 Å². The van der Waals surface area contributed by atoms with Crippen LogP contribution in [0.1, 0.15) is 39.0 Å². The monoisotopic (exact) mass is 399 g/mol. The van der Waals surface area contributed by atoms with Gasteiger partial charge in [0, 0.05) is 18.2 Å². The number of hydrogen-bond donors (Lipinski definition) is 3. The van der Waals surface area contributed by atoms with Crippen molar-refractivity contribution in [3.05, 3.63) is 24.0 Å². The van der Waals surface area contributed by atoms with Gasteiger partial charge in [0.2, 0.25) is 11.8 Å². The summed E-state index contributed by atoms with van der Waals surface area (Å²) in [4.78, 5) is 24.8. The Kier molecular flexibility index (Phi) is 8.01. The van der Waals surface area contributed by atoms with Crippen molar-refractivity contribution in [3.63, 3.8) is 0 Å². The summed E-state index contributed by atoms with van der Waals surface area (Å²) in [6, 6.07) is 3.73. The van der Waals surface area contributed by atoms with E-state index in [1.807, 2.05) is 6.92 Å². The van der Waals surface area contributed by atoms with Crippen LogP contribution in [0.3, 0.4) is 0 Å². The molecule has 0 unspecified atom stereocenters. The number of morpholine rings is 1. The van der Waals surface area contributed by atoms with Gasteiger partial charge in [0.15, 0.2) is 0 Å². The predicted molar refractivity (Wildman–Crippen MR) is 105 cm³/mol. The van der Waals surface area contributed by atoms with Gasteiger partial charge in [-0.05, 0) is 38.0 Å². The SMILES string of the molecule is C[C@H]1OCCN[C@@H]1C(=O)Nc1ccc(F)c(NC(=O)C2CCCCC2)c1.Cl. The number of hydrogen-bond acceptors (Lipinski definition) is 4. The second-order valence-electron chi connectivity index (χ2n) is 7.02. The van der Waals surface area contributed by atoms with Crippen molar-refractivity contribution in [2.45, 2.75) is 51.2 Å². The summed E-state index contributed by atoms with van der Waals surface area (Å²) in [5.74, 6) is -0.970. The van der Waals surface area contributed by atoms with E-state index in [1.165, 1.54) is 18.2 Å². The van der Waals surface area contributed by atoms with Crippen LogP contribution in [0.15, 0.2) is 18.2 Å². The fraction of sp³-hybridized carbons (Fsp3) is 0.579. The van der Waals surface area contributed by atoms with Crippen molar-refractivity contribution in [1.29, 1.82) is 0 Å². The maximum absolute atomic E-state index is 14.1. The summed E-state index contributed by atoms with van der Waals surface area (Å²) in [7, 11) is 0. The average molecular weight is 400 g/mol. The van der Waals surface area contributed by atoms with Crippen LogP contribution in [-0.2, 0) is 14.3 Å². The Morgan fingerprint density at radius 1 is 1.15 bits per heavy atom. The molecule has 27 heavy (non-hydrogen) atoms. The number of benzene rings is 1. The fourth-order valence-electron chi connectivity index (χ4n) is 3.55. The first kappa shape index (κ1) is 21.6. The molecule has 3 N–H and O–H groups in total. The zero-order chi connectivity index (χ0) is 18.5. The predicted octanol–water partition coefficient (Wildman–Crippen LogP) is 3.08. The first-order valence-electron chi connectivity index (χ1n) is 9.31. The minimum Gasteiger partial charge on any atom is -0.375 e. The third-order valence-corrected chi connectivity index (χ3v) is 5.07. The maximum Gasteiger partial charge on any atom is 0.244 e. The average Bonchev–Trinajstić information content (AvgIpc) is 2.65. The van der Waals surface area contributed by atoms with Crippen LogP contribution < -0.4 is 16.0 Å². The number of anilines is 2. The van der Waals surface area contributed by atoms with Crippen molar-refractivity contribution in [2.75, 3.05) is 23.8 Å². The second kappa shape index (κ2) is 10.0. The second-order valence-corrected chi connectivity index (χ2v) is 7.02. The summed E-state index contributed by atoms with van der Waals surface area (Å²) in [6.07, 6.45) is 4.66. The molecule has 0 radical (unpaired) electrons. The van der Waals surface area contributed by atoms with Gasteiger partial charge >= 0.3 is 0 Å². The van der Waals surface area contributed by atoms with Crippen molar-refractivity contribution >= 4 is 35.6 Å². The Balaban J connectivity index is 0.00000261. The Labute approximate surface area is 165 Å². The van der Waals surface area contributed by atoms with Crippen LogP contribution in [0.25, 0.3) is 0 Å². The topological polar surface area (TPSA) is 79.5 Å². The lowest BCUT2D eigenvalue weighted by Crippen LogP contribution is -2.53. The highest BCUT2D eigenvalue weighted by atomic mass is 35.5. The minimum atomic E-state index is -0.514. The Hall–Kier alpha value is -1.70. The third-order valence-electron chi connectivity index (χ3n) is 5.07. The van der Waals surface area contributed by atoms with Crippen LogP contribution in [0.2, 0.25) is 0 Å². The Bertz CT molecular complexity index is 668. The van der Waals surface area contributed by atoms with Gasteiger partial charge in [0.25, 0.3) is 0 Å². The number of carbonyl (C=O) groups excluding carboxylic acids is 2. The number of ether oxygens (including phenoxy) is 1. The smallest absolute Gasteiger partial charge is 0.244 e. The van der Waals surface area contributed by atoms with E-state index < -0.39 is 11.9 Å². The van der Waals surface area contributed by atoms with Crippen molar-refractivity contribution in [2.24, 2.45) is 5.92 Å². The summed E-state index contributed by atoms with van der Waals surface area (Å²) >= 11 is 0. The summed E-state index contributed by atoms with van der Waals surface area (Å²) < 4.78 is 19.6. The lowest BCUT2D eigenvalue weighted by Gasteiger charge is -2.29. The highest BCUT2D eigenvalue weighted by molar-refractivity contribution is 5.97. The van der Waals surface area contributed by atoms with Crippen LogP contribution in [-0.4, -0.2) is 37.1 Å². The third kappa shape index (κ3) is 5.64. The van der Waals surface area contributed by atoms with E-state index in [2.05, 4.69) is 16.0 Å². The standard InChI is InChI=1S/C19H26FN3O3.ClH/c1-12-17(21-9-10-26-12)19(25)22-14-7-8-15(20)16(11-14)23-18(24)13-5-3-2-4-6-13;/h7-8,11-13,17,21H,2-6,9-10H2,1H3,(H,22,25)(H,23,24);1H/t12-,17+;/m1./s1. The van der Waals surface area contributed by atoms with Gasteiger partial charge in [-0.15, -0.1) is 12.4 Å². The lowest BCUT2D eigenvalue weighted by atomic mass is 9.88. The minimum absolute atomic E-state index is 0. The van der Waals surface area contributed by atoms with Gasteiger partial charge in [0.05, 0.1) is 18.4 Å². The normalized spacial score (nSPS) is 23.2. The molecule has 1 aromatic rings. The molecule has 0 spiro atoms.